The first-order chi connectivity index (χ1) is 19.7. The van der Waals surface area contributed by atoms with Crippen LogP contribution in [0.2, 0.25) is 0 Å². The van der Waals surface area contributed by atoms with Crippen LogP contribution >= 0.6 is 24.1 Å². The molecule has 0 bridgehead atoms. The monoisotopic (exact) mass is 678 g/mol. The molecule has 9 N–H and O–H groups in total. The molecule has 18 nitrogen and oxygen atoms in total. The standard InChI is InChI=1S/C21H20N6O11S4.H2O/c1-11-2-4-12(5-3-11)24-27-21-19(22)15(9-17(20(21)23)42(33,34)35)26-25-14-7-6-13(8-16(14)41(30,31)32)40-36-18(28)10-39-38-37-29;/h2-9,29H,10,22-23H2,1H3,(H,30,31,32)(H,33,34,35);1H2. The highest BCUT2D eigenvalue weighted by molar-refractivity contribution is 7.96. The van der Waals surface area contributed by atoms with E-state index in [2.05, 4.69) is 29.8 Å². The Labute approximate surface area is 252 Å². The van der Waals surface area contributed by atoms with Crippen molar-refractivity contribution in [3.8, 4) is 0 Å². The molecule has 22 heteroatoms. The summed E-state index contributed by atoms with van der Waals surface area (Å²) in [5.41, 5.74) is 11.3. The summed E-state index contributed by atoms with van der Waals surface area (Å²) in [6, 6.07) is 10.8. The lowest BCUT2D eigenvalue weighted by molar-refractivity contribution is -0.432. The Kier molecular flexibility index (Phi) is 12.5. The van der Waals surface area contributed by atoms with Crippen LogP contribution in [0.4, 0.5) is 34.1 Å². The summed E-state index contributed by atoms with van der Waals surface area (Å²) in [7, 11) is -9.83. The molecule has 0 aliphatic heterocycles. The topological polar surface area (TPSA) is 307 Å². The first-order valence-electron chi connectivity index (χ1n) is 10.9. The Bertz CT molecular complexity index is 1750. The number of carbonyl (C=O) groups is 1. The van der Waals surface area contributed by atoms with Gasteiger partial charge in [0, 0.05) is 16.9 Å². The summed E-state index contributed by atoms with van der Waals surface area (Å²) in [6.45, 7) is 1.85. The SMILES string of the molecule is Cc1ccc(N=Nc2c(N)c(N=Nc3ccc(SOC(=O)CSOOO)cc3S(=O)(=O)O)cc(S(=O)(=O)O)c2N)cc1.O. The number of hydrogen-bond donors (Lipinski definition) is 5. The quantitative estimate of drug-likeness (QED) is 0.0339. The maximum atomic E-state index is 12.0. The maximum absolute atomic E-state index is 12.0. The molecule has 232 valence electrons. The molecule has 0 radical (unpaired) electrons. The van der Waals surface area contributed by atoms with Crippen molar-refractivity contribution < 1.29 is 55.0 Å². The van der Waals surface area contributed by atoms with E-state index in [1.165, 1.54) is 6.07 Å². The summed E-state index contributed by atoms with van der Waals surface area (Å²) in [4.78, 5) is 10.1. The number of hydrogen-bond acceptors (Lipinski definition) is 17. The second-order valence-corrected chi connectivity index (χ2v) is 12.1. The van der Waals surface area contributed by atoms with Gasteiger partial charge < -0.3 is 21.1 Å². The van der Waals surface area contributed by atoms with Crippen molar-refractivity contribution >= 4 is 84.4 Å². The zero-order valence-electron chi connectivity index (χ0n) is 21.5. The van der Waals surface area contributed by atoms with Gasteiger partial charge >= 0.3 is 5.97 Å². The molecular weight excluding hydrogens is 657 g/mol. The maximum Gasteiger partial charge on any atom is 0.330 e. The minimum absolute atomic E-state index is 0. The van der Waals surface area contributed by atoms with Crippen LogP contribution in [0.1, 0.15) is 5.56 Å². The van der Waals surface area contributed by atoms with Crippen LogP contribution in [0.15, 0.2) is 83.7 Å². The second-order valence-electron chi connectivity index (χ2n) is 7.83. The van der Waals surface area contributed by atoms with Crippen LogP contribution in [0.25, 0.3) is 0 Å². The van der Waals surface area contributed by atoms with E-state index < -0.39 is 58.8 Å². The van der Waals surface area contributed by atoms with E-state index in [9.17, 15) is 30.7 Å². The largest absolute Gasteiger partial charge is 0.412 e. The smallest absolute Gasteiger partial charge is 0.330 e. The van der Waals surface area contributed by atoms with E-state index in [1.807, 2.05) is 6.92 Å². The Hall–Kier alpha value is -3.71. The van der Waals surface area contributed by atoms with E-state index in [0.29, 0.717) is 29.8 Å². The summed E-state index contributed by atoms with van der Waals surface area (Å²) in [6.07, 6.45) is 0. The number of anilines is 2. The van der Waals surface area contributed by atoms with Gasteiger partial charge in [-0.25, -0.2) is 5.26 Å². The molecule has 0 spiro atoms. The van der Waals surface area contributed by atoms with Crippen LogP contribution in [0, 0.1) is 6.92 Å². The van der Waals surface area contributed by atoms with Crippen LogP contribution < -0.4 is 11.5 Å². The zero-order valence-corrected chi connectivity index (χ0v) is 24.8. The van der Waals surface area contributed by atoms with Crippen molar-refractivity contribution in [1.82, 2.24) is 0 Å². The Balaban J connectivity index is 0.00000645. The summed E-state index contributed by atoms with van der Waals surface area (Å²) >= 11 is 0.845. The average molecular weight is 679 g/mol. The molecule has 0 aliphatic rings. The van der Waals surface area contributed by atoms with Crippen LogP contribution in [-0.2, 0) is 38.6 Å². The van der Waals surface area contributed by atoms with Crippen LogP contribution in [-0.4, -0.2) is 48.4 Å². The highest BCUT2D eigenvalue weighted by Crippen LogP contribution is 2.43. The first kappa shape index (κ1) is 35.5. The molecule has 0 unspecified atom stereocenters. The number of rotatable bonds is 12. The number of carbonyl (C=O) groups excluding carboxylic acids is 1. The number of azo groups is 2. The van der Waals surface area contributed by atoms with Gasteiger partial charge in [0.25, 0.3) is 20.2 Å². The molecule has 3 rings (SSSR count). The summed E-state index contributed by atoms with van der Waals surface area (Å²) < 4.78 is 76.2. The lowest BCUT2D eigenvalue weighted by atomic mass is 10.2. The van der Waals surface area contributed by atoms with E-state index in [4.69, 9.17) is 20.9 Å². The van der Waals surface area contributed by atoms with Crippen molar-refractivity contribution in [3.05, 3.63) is 54.1 Å². The van der Waals surface area contributed by atoms with Gasteiger partial charge in [0.1, 0.15) is 32.6 Å². The van der Waals surface area contributed by atoms with Crippen molar-refractivity contribution in [3.63, 3.8) is 0 Å². The normalized spacial score (nSPS) is 12.0. The van der Waals surface area contributed by atoms with Crippen molar-refractivity contribution in [2.45, 2.75) is 21.6 Å². The fraction of sp³-hybridized carbons (Fsp3) is 0.0952. The number of nitrogens with zero attached hydrogens (tertiary/aromatic N) is 4. The van der Waals surface area contributed by atoms with Gasteiger partial charge in [0.05, 0.1) is 29.1 Å². The van der Waals surface area contributed by atoms with Gasteiger partial charge in [-0.05, 0) is 43.3 Å². The number of aryl methyl sites for hydroxylation is 1. The highest BCUT2D eigenvalue weighted by Gasteiger charge is 2.23. The van der Waals surface area contributed by atoms with Crippen molar-refractivity contribution in [2.75, 3.05) is 17.2 Å². The predicted octanol–water partition coefficient (Wildman–Crippen LogP) is 4.28. The van der Waals surface area contributed by atoms with Gasteiger partial charge in [-0.1, -0.05) is 22.7 Å². The van der Waals surface area contributed by atoms with Gasteiger partial charge in [0.15, 0.2) is 0 Å². The molecule has 3 aromatic rings. The molecule has 0 fully saturated rings. The lowest BCUT2D eigenvalue weighted by Gasteiger charge is -2.10. The van der Waals surface area contributed by atoms with Gasteiger partial charge in [0.2, 0.25) is 0 Å². The fourth-order valence-corrected chi connectivity index (χ4v) is 5.16. The van der Waals surface area contributed by atoms with Crippen LogP contribution in [0.5, 0.6) is 0 Å². The number of nitrogens with two attached hydrogens (primary N) is 2. The lowest BCUT2D eigenvalue weighted by Crippen LogP contribution is -2.05. The third kappa shape index (κ3) is 9.92. The fourth-order valence-electron chi connectivity index (χ4n) is 2.94. The van der Waals surface area contributed by atoms with Crippen LogP contribution in [0.3, 0.4) is 0 Å². The van der Waals surface area contributed by atoms with Gasteiger partial charge in [-0.3, -0.25) is 13.9 Å². The third-order valence-electron chi connectivity index (χ3n) is 4.86. The number of benzene rings is 3. The second kappa shape index (κ2) is 15.1. The van der Waals surface area contributed by atoms with E-state index >= 15 is 0 Å². The minimum atomic E-state index is -4.92. The van der Waals surface area contributed by atoms with E-state index in [-0.39, 0.29) is 21.7 Å². The molecule has 3 aromatic carbocycles. The van der Waals surface area contributed by atoms with E-state index in [1.54, 1.807) is 24.3 Å². The Morgan fingerprint density at radius 3 is 2.09 bits per heavy atom. The summed E-state index contributed by atoms with van der Waals surface area (Å²) in [5, 5.41) is 26.8. The Morgan fingerprint density at radius 1 is 0.860 bits per heavy atom. The molecule has 0 aromatic heterocycles. The molecule has 0 atom stereocenters. The minimum Gasteiger partial charge on any atom is -0.412 e. The molecule has 0 aliphatic carbocycles. The summed E-state index contributed by atoms with van der Waals surface area (Å²) in [5.74, 6) is -1.24. The number of nitrogen functional groups attached to an aromatic ring is 2. The molecule has 0 amide bonds. The van der Waals surface area contributed by atoms with E-state index in [0.717, 1.165) is 23.8 Å². The van der Waals surface area contributed by atoms with Crippen molar-refractivity contribution in [2.24, 2.45) is 20.5 Å². The molecular formula is C21H22N6O12S4. The molecule has 0 saturated carbocycles. The zero-order chi connectivity index (χ0) is 31.1. The van der Waals surface area contributed by atoms with Gasteiger partial charge in [-0.2, -0.15) is 21.9 Å². The molecule has 0 heterocycles. The molecule has 43 heavy (non-hydrogen) atoms. The Morgan fingerprint density at radius 2 is 1.49 bits per heavy atom. The van der Waals surface area contributed by atoms with Gasteiger partial charge in [-0.15, -0.1) is 19.7 Å². The highest BCUT2D eigenvalue weighted by atomic mass is 32.2. The average Bonchev–Trinajstić information content (AvgIpc) is 2.91. The predicted molar refractivity (Wildman–Crippen MR) is 154 cm³/mol. The van der Waals surface area contributed by atoms with Crippen molar-refractivity contribution in [1.29, 1.82) is 0 Å². The third-order valence-corrected chi connectivity index (χ3v) is 7.86. The molecule has 0 saturated heterocycles. The first-order valence-corrected chi connectivity index (χ1v) is 15.4.